The van der Waals surface area contributed by atoms with E-state index in [1.807, 2.05) is 0 Å². The number of hydrogen-bond donors (Lipinski definition) is 0. The maximum atomic E-state index is 5.82. The summed E-state index contributed by atoms with van der Waals surface area (Å²) in [6, 6.07) is 0. The van der Waals surface area contributed by atoms with Crippen LogP contribution in [0.15, 0.2) is 122 Å². The fourth-order valence-electron chi connectivity index (χ4n) is 5.52. The molecule has 0 heterocycles. The zero-order valence-electron chi connectivity index (χ0n) is 36.9. The smallest absolute Gasteiger partial charge is 0.0802 e. The first-order valence-corrected chi connectivity index (χ1v) is 28.5. The molecule has 0 aliphatic carbocycles. The first kappa shape index (κ1) is 59.9. The summed E-state index contributed by atoms with van der Waals surface area (Å²) in [5, 5.41) is 0. The maximum Gasteiger partial charge on any atom is 0.0802 e. The van der Waals surface area contributed by atoms with Gasteiger partial charge in [-0.25, -0.2) is 0 Å². The zero-order chi connectivity index (χ0) is 42.8. The summed E-state index contributed by atoms with van der Waals surface area (Å²) in [5.74, 6) is 0. The Morgan fingerprint density at radius 3 is 1.07 bits per heavy atom. The van der Waals surface area contributed by atoms with Gasteiger partial charge in [0.15, 0.2) is 0 Å². The fraction of sp³-hybridized carbons (Fsp3) is 0.583. The van der Waals surface area contributed by atoms with Crippen LogP contribution in [-0.2, 0) is 18.1 Å². The van der Waals surface area contributed by atoms with Gasteiger partial charge in [-0.3, -0.25) is 0 Å². The molecule has 0 aliphatic rings. The molecule has 10 atom stereocenters. The van der Waals surface area contributed by atoms with Crippen LogP contribution in [-0.4, -0.2) is 24.4 Å². The Morgan fingerprint density at radius 1 is 0.397 bits per heavy atom. The molecule has 0 saturated carbocycles. The van der Waals surface area contributed by atoms with Crippen molar-refractivity contribution in [2.45, 2.75) is 181 Å². The lowest BCUT2D eigenvalue weighted by Gasteiger charge is -2.11. The van der Waals surface area contributed by atoms with E-state index in [2.05, 4.69) is 186 Å². The van der Waals surface area contributed by atoms with Crippen molar-refractivity contribution < 1.29 is 18.1 Å². The molecule has 0 fully saturated rings. The van der Waals surface area contributed by atoms with E-state index in [0.29, 0.717) is 17.0 Å². The van der Waals surface area contributed by atoms with E-state index in [1.165, 1.54) is 51.4 Å². The molecular weight excluding hydrogens is 826 g/mol. The Bertz CT molecular complexity index is 1060. The van der Waals surface area contributed by atoms with Crippen LogP contribution in [0.2, 0.25) is 0 Å². The van der Waals surface area contributed by atoms with Crippen LogP contribution in [0.25, 0.3) is 0 Å². The fourth-order valence-corrected chi connectivity index (χ4v) is 7.77. The van der Waals surface area contributed by atoms with Crippen molar-refractivity contribution in [2.24, 2.45) is 0 Å². The minimum absolute atomic E-state index is 0.186. The molecule has 0 rings (SSSR count). The van der Waals surface area contributed by atoms with E-state index in [-0.39, 0.29) is 24.4 Å². The molecule has 4 nitrogen and oxygen atoms in total. The Balaban J connectivity index is 0. The molecule has 0 saturated heterocycles. The molecule has 0 aromatic heterocycles. The molecular formula is C48H86O4P6. The van der Waals surface area contributed by atoms with E-state index in [9.17, 15) is 0 Å². The minimum Gasteiger partial charge on any atom is -0.358 e. The third-order valence-electron chi connectivity index (χ3n) is 8.84. The molecule has 0 bridgehead atoms. The first-order chi connectivity index (χ1) is 28.6. The summed E-state index contributed by atoms with van der Waals surface area (Å²) in [4.78, 5) is 0. The van der Waals surface area contributed by atoms with E-state index in [4.69, 9.17) is 18.1 Å². The minimum atomic E-state index is 0.186. The normalized spacial score (nSPS) is 15.4. The van der Waals surface area contributed by atoms with Crippen LogP contribution in [0.1, 0.15) is 156 Å². The zero-order valence-corrected chi connectivity index (χ0v) is 43.6. The molecule has 10 unspecified atom stereocenters. The van der Waals surface area contributed by atoms with Gasteiger partial charge in [-0.1, -0.05) is 218 Å². The van der Waals surface area contributed by atoms with Crippen molar-refractivity contribution in [1.29, 1.82) is 0 Å². The average molecular weight is 913 g/mol. The summed E-state index contributed by atoms with van der Waals surface area (Å²) < 4.78 is 22.5. The Labute approximate surface area is 372 Å². The van der Waals surface area contributed by atoms with Crippen molar-refractivity contribution >= 4 is 53.8 Å². The topological polar surface area (TPSA) is 36.9 Å². The molecule has 0 aromatic rings. The van der Waals surface area contributed by atoms with Crippen LogP contribution in [0.5, 0.6) is 0 Å². The van der Waals surface area contributed by atoms with Crippen molar-refractivity contribution in [2.75, 3.05) is 0 Å². The second kappa shape index (κ2) is 53.0. The lowest BCUT2D eigenvalue weighted by Crippen LogP contribution is -2.03. The number of unbranched alkanes of at least 4 members (excludes halogenated alkanes) is 8. The number of hydrogen-bond acceptors (Lipinski definition) is 4. The highest BCUT2D eigenvalue weighted by molar-refractivity contribution is 8.00. The molecule has 10 heteroatoms. The second-order valence-electron chi connectivity index (χ2n) is 13.9. The molecule has 0 radical (unpaired) electrons. The Hall–Kier alpha value is -0.180. The third kappa shape index (κ3) is 46.9. The summed E-state index contributed by atoms with van der Waals surface area (Å²) in [6.07, 6.45) is 67.1. The average Bonchev–Trinajstić information content (AvgIpc) is 3.23. The van der Waals surface area contributed by atoms with E-state index >= 15 is 0 Å². The van der Waals surface area contributed by atoms with Crippen LogP contribution in [0.3, 0.4) is 0 Å². The van der Waals surface area contributed by atoms with E-state index in [1.54, 1.807) is 0 Å². The van der Waals surface area contributed by atoms with Gasteiger partial charge in [0, 0.05) is 35.9 Å². The highest BCUT2D eigenvalue weighted by Crippen LogP contribution is 2.27. The molecule has 332 valence electrons. The lowest BCUT2D eigenvalue weighted by atomic mass is 10.1. The van der Waals surface area contributed by atoms with Crippen molar-refractivity contribution in [1.82, 2.24) is 0 Å². The van der Waals surface area contributed by atoms with Crippen molar-refractivity contribution in [3.63, 3.8) is 0 Å². The van der Waals surface area contributed by atoms with Gasteiger partial charge < -0.3 is 18.1 Å². The first-order valence-electron chi connectivity index (χ1n) is 22.1. The monoisotopic (exact) mass is 912 g/mol. The summed E-state index contributed by atoms with van der Waals surface area (Å²) in [5.41, 5.74) is 0. The molecule has 0 aliphatic heterocycles. The van der Waals surface area contributed by atoms with Gasteiger partial charge >= 0.3 is 0 Å². The van der Waals surface area contributed by atoms with Crippen LogP contribution < -0.4 is 0 Å². The molecule has 0 N–H and O–H groups in total. The summed E-state index contributed by atoms with van der Waals surface area (Å²) in [6.45, 7) is 8.80. The molecule has 58 heavy (non-hydrogen) atoms. The van der Waals surface area contributed by atoms with Crippen LogP contribution in [0, 0.1) is 0 Å². The predicted molar refractivity (Wildman–Crippen MR) is 281 cm³/mol. The van der Waals surface area contributed by atoms with E-state index in [0.717, 1.165) is 77.0 Å². The quantitative estimate of drug-likeness (QED) is 0.0268. The lowest BCUT2D eigenvalue weighted by molar-refractivity contribution is 0.274. The number of rotatable bonds is 38. The van der Waals surface area contributed by atoms with Crippen LogP contribution >= 0.6 is 53.8 Å². The van der Waals surface area contributed by atoms with Gasteiger partial charge in [0.05, 0.1) is 24.4 Å². The van der Waals surface area contributed by atoms with Gasteiger partial charge in [0.2, 0.25) is 0 Å². The highest BCUT2D eigenvalue weighted by Gasteiger charge is 2.05. The Morgan fingerprint density at radius 2 is 0.741 bits per heavy atom. The molecule has 0 amide bonds. The van der Waals surface area contributed by atoms with E-state index < -0.39 is 0 Å². The van der Waals surface area contributed by atoms with Gasteiger partial charge in [0.1, 0.15) is 0 Å². The predicted octanol–water partition coefficient (Wildman–Crippen LogP) is 17.3. The Kier molecular flexibility index (Phi) is 54.7. The number of allylic oxidation sites excluding steroid dienone is 16. The summed E-state index contributed by atoms with van der Waals surface area (Å²) >= 11 is 0. The standard InChI is InChI=1S/2C24H43O2P3/c2*1-3-5-7-9-10-11-12-17-21-24(26-29-28)22-18-14-13-16-20-23(25-27)19-15-8-6-4-2/h2*5,7,10-11,13-14,16,18,20,22-24,29H,3-4,6,8-9,12,15,17,19,21,27-28H2,1-2H3/b7-5-,11-10-,14-13+,20-16+,22-18-;. The largest absolute Gasteiger partial charge is 0.358 e. The van der Waals surface area contributed by atoms with Gasteiger partial charge in [0.25, 0.3) is 0 Å². The second-order valence-corrected chi connectivity index (χ2v) is 16.8. The van der Waals surface area contributed by atoms with Crippen LogP contribution in [0.4, 0.5) is 0 Å². The maximum absolute atomic E-state index is 5.82. The summed E-state index contributed by atoms with van der Waals surface area (Å²) in [7, 11) is 11.0. The third-order valence-corrected chi connectivity index (χ3v) is 11.2. The highest BCUT2D eigenvalue weighted by atomic mass is 32.0. The van der Waals surface area contributed by atoms with Crippen molar-refractivity contribution in [3.8, 4) is 0 Å². The SMILES string of the molecule is CC/C=C\C/C=C\CCCC(\C=C/C=C/C=C/C(CCCCCC)OP)OPP.CCC=CCC=CCCCC(C=CC=CC=CC(CCCCCC)OP)OPP. The van der Waals surface area contributed by atoms with Gasteiger partial charge in [-0.05, 0) is 77.0 Å². The van der Waals surface area contributed by atoms with Gasteiger partial charge in [-0.2, -0.15) is 0 Å². The van der Waals surface area contributed by atoms with Crippen molar-refractivity contribution in [3.05, 3.63) is 122 Å². The molecule has 0 spiro atoms. The molecule has 0 aromatic carbocycles. The van der Waals surface area contributed by atoms with Gasteiger partial charge in [-0.15, -0.1) is 0 Å².